The largest absolute Gasteiger partial charge is 0.321 e. The lowest BCUT2D eigenvalue weighted by atomic mass is 10.1. The van der Waals surface area contributed by atoms with Gasteiger partial charge in [0.2, 0.25) is 0 Å². The predicted octanol–water partition coefficient (Wildman–Crippen LogP) is 3.47. The Morgan fingerprint density at radius 1 is 0.962 bits per heavy atom. The van der Waals surface area contributed by atoms with Crippen molar-refractivity contribution in [3.8, 4) is 0 Å². The lowest BCUT2D eigenvalue weighted by Crippen LogP contribution is -2.26. The van der Waals surface area contributed by atoms with Gasteiger partial charge in [-0.3, -0.25) is 9.59 Å². The van der Waals surface area contributed by atoms with Crippen LogP contribution in [0.5, 0.6) is 0 Å². The molecule has 0 bridgehead atoms. The molecule has 1 amide bonds. The van der Waals surface area contributed by atoms with Gasteiger partial charge in [-0.1, -0.05) is 35.9 Å². The van der Waals surface area contributed by atoms with Crippen LogP contribution in [0.3, 0.4) is 0 Å². The van der Waals surface area contributed by atoms with Gasteiger partial charge in [-0.15, -0.1) is 0 Å². The molecule has 132 valence electrons. The van der Waals surface area contributed by atoms with Crippen molar-refractivity contribution in [2.75, 3.05) is 5.32 Å². The standard InChI is InChI=1S/C21H21N3O2/c1-14-4-7-17(8-5-14)13-24-20(25)11-10-19(23-24)21(26)22-18-9-6-15(2)16(3)12-18/h4-12H,13H2,1-3H3,(H,22,26). The number of benzene rings is 2. The minimum atomic E-state index is -0.342. The fourth-order valence-electron chi connectivity index (χ4n) is 2.56. The fraction of sp³-hybridized carbons (Fsp3) is 0.190. The van der Waals surface area contributed by atoms with Crippen LogP contribution in [0.4, 0.5) is 5.69 Å². The van der Waals surface area contributed by atoms with Crippen molar-refractivity contribution in [1.82, 2.24) is 9.78 Å². The van der Waals surface area contributed by atoms with Crippen molar-refractivity contribution in [2.45, 2.75) is 27.3 Å². The monoisotopic (exact) mass is 347 g/mol. The summed E-state index contributed by atoms with van der Waals surface area (Å²) in [7, 11) is 0. The van der Waals surface area contributed by atoms with Crippen molar-refractivity contribution >= 4 is 11.6 Å². The summed E-state index contributed by atoms with van der Waals surface area (Å²) in [5, 5.41) is 7.05. The molecule has 1 N–H and O–H groups in total. The number of rotatable bonds is 4. The highest BCUT2D eigenvalue weighted by Crippen LogP contribution is 2.14. The van der Waals surface area contributed by atoms with Crippen molar-refractivity contribution in [3.05, 3.63) is 92.9 Å². The van der Waals surface area contributed by atoms with Gasteiger partial charge in [-0.25, -0.2) is 4.68 Å². The number of nitrogens with one attached hydrogen (secondary N) is 1. The van der Waals surface area contributed by atoms with E-state index >= 15 is 0 Å². The van der Waals surface area contributed by atoms with E-state index in [9.17, 15) is 9.59 Å². The number of hydrogen-bond acceptors (Lipinski definition) is 3. The van der Waals surface area contributed by atoms with Crippen molar-refractivity contribution in [1.29, 1.82) is 0 Å². The molecule has 0 radical (unpaired) electrons. The zero-order chi connectivity index (χ0) is 18.7. The highest BCUT2D eigenvalue weighted by molar-refractivity contribution is 6.02. The van der Waals surface area contributed by atoms with E-state index in [-0.39, 0.29) is 17.2 Å². The summed E-state index contributed by atoms with van der Waals surface area (Å²) in [6, 6.07) is 16.4. The minimum Gasteiger partial charge on any atom is -0.321 e. The molecule has 0 spiro atoms. The average molecular weight is 347 g/mol. The summed E-state index contributed by atoms with van der Waals surface area (Å²) < 4.78 is 1.31. The molecule has 0 atom stereocenters. The number of aryl methyl sites for hydroxylation is 3. The first-order valence-corrected chi connectivity index (χ1v) is 8.45. The van der Waals surface area contributed by atoms with E-state index in [1.54, 1.807) is 0 Å². The molecule has 0 fully saturated rings. The number of hydrogen-bond donors (Lipinski definition) is 1. The molecule has 0 aliphatic carbocycles. The number of anilines is 1. The maximum absolute atomic E-state index is 12.5. The van der Waals surface area contributed by atoms with Crippen molar-refractivity contribution in [3.63, 3.8) is 0 Å². The van der Waals surface area contributed by atoms with Crippen molar-refractivity contribution < 1.29 is 4.79 Å². The van der Waals surface area contributed by atoms with E-state index in [0.29, 0.717) is 12.2 Å². The predicted molar refractivity (Wildman–Crippen MR) is 103 cm³/mol. The molecule has 0 saturated carbocycles. The van der Waals surface area contributed by atoms with Gasteiger partial charge in [0, 0.05) is 11.8 Å². The van der Waals surface area contributed by atoms with Crippen molar-refractivity contribution in [2.24, 2.45) is 0 Å². The molecule has 2 aromatic carbocycles. The minimum absolute atomic E-state index is 0.204. The third kappa shape index (κ3) is 4.06. The lowest BCUT2D eigenvalue weighted by Gasteiger charge is -2.09. The second kappa shape index (κ2) is 7.35. The van der Waals surface area contributed by atoms with E-state index in [0.717, 1.165) is 22.3 Å². The zero-order valence-corrected chi connectivity index (χ0v) is 15.1. The highest BCUT2D eigenvalue weighted by atomic mass is 16.2. The molecule has 1 heterocycles. The SMILES string of the molecule is Cc1ccc(Cn2nc(C(=O)Nc3ccc(C)c(C)c3)ccc2=O)cc1. The van der Waals surface area contributed by atoms with Crippen LogP contribution in [0.2, 0.25) is 0 Å². The van der Waals surface area contributed by atoms with E-state index in [2.05, 4.69) is 10.4 Å². The van der Waals surface area contributed by atoms with Crippen LogP contribution in [0.25, 0.3) is 0 Å². The normalized spacial score (nSPS) is 10.6. The van der Waals surface area contributed by atoms with Gasteiger partial charge in [-0.05, 0) is 55.7 Å². The van der Waals surface area contributed by atoms with Crippen LogP contribution >= 0.6 is 0 Å². The van der Waals surface area contributed by atoms with Gasteiger partial charge in [0.15, 0.2) is 0 Å². The first kappa shape index (κ1) is 17.6. The topological polar surface area (TPSA) is 64.0 Å². The van der Waals surface area contributed by atoms with Crippen LogP contribution in [0, 0.1) is 20.8 Å². The van der Waals surface area contributed by atoms with Gasteiger partial charge < -0.3 is 5.32 Å². The van der Waals surface area contributed by atoms with Crippen LogP contribution in [0.15, 0.2) is 59.4 Å². The number of amides is 1. The summed E-state index contributed by atoms with van der Waals surface area (Å²) in [5.74, 6) is -0.342. The van der Waals surface area contributed by atoms with Crippen LogP contribution in [-0.2, 0) is 6.54 Å². The Morgan fingerprint density at radius 2 is 1.69 bits per heavy atom. The lowest BCUT2D eigenvalue weighted by molar-refractivity contribution is 0.102. The Kier molecular flexibility index (Phi) is 4.98. The van der Waals surface area contributed by atoms with Gasteiger partial charge in [-0.2, -0.15) is 5.10 Å². The first-order valence-electron chi connectivity index (χ1n) is 8.45. The third-order valence-electron chi connectivity index (χ3n) is 4.32. The second-order valence-electron chi connectivity index (χ2n) is 6.45. The van der Waals surface area contributed by atoms with E-state index in [4.69, 9.17) is 0 Å². The van der Waals surface area contributed by atoms with Gasteiger partial charge in [0.25, 0.3) is 11.5 Å². The molecule has 0 saturated heterocycles. The van der Waals surface area contributed by atoms with E-state index < -0.39 is 0 Å². The quantitative estimate of drug-likeness (QED) is 0.786. The molecular weight excluding hydrogens is 326 g/mol. The molecule has 3 aromatic rings. The first-order chi connectivity index (χ1) is 12.4. The molecule has 26 heavy (non-hydrogen) atoms. The van der Waals surface area contributed by atoms with Crippen LogP contribution in [0.1, 0.15) is 32.7 Å². The summed E-state index contributed by atoms with van der Waals surface area (Å²) >= 11 is 0. The maximum Gasteiger partial charge on any atom is 0.276 e. The number of aromatic nitrogens is 2. The summed E-state index contributed by atoms with van der Waals surface area (Å²) in [4.78, 5) is 24.6. The molecule has 0 aliphatic heterocycles. The Hall–Kier alpha value is -3.21. The van der Waals surface area contributed by atoms with Gasteiger partial charge in [0.05, 0.1) is 6.54 Å². The molecule has 5 heteroatoms. The zero-order valence-electron chi connectivity index (χ0n) is 15.1. The maximum atomic E-state index is 12.5. The molecule has 5 nitrogen and oxygen atoms in total. The van der Waals surface area contributed by atoms with Gasteiger partial charge >= 0.3 is 0 Å². The molecule has 0 unspecified atom stereocenters. The Balaban J connectivity index is 1.81. The Bertz CT molecular complexity index is 1000. The number of carbonyl (C=O) groups excluding carboxylic acids is 1. The molecule has 0 aliphatic rings. The Labute approximate surface area is 152 Å². The number of nitrogens with zero attached hydrogens (tertiary/aromatic N) is 2. The van der Waals surface area contributed by atoms with Crippen LogP contribution < -0.4 is 10.9 Å². The number of carbonyl (C=O) groups is 1. The molecule has 1 aromatic heterocycles. The summed E-state index contributed by atoms with van der Waals surface area (Å²) in [5.41, 5.74) is 5.03. The Morgan fingerprint density at radius 3 is 2.38 bits per heavy atom. The van der Waals surface area contributed by atoms with Crippen LogP contribution in [-0.4, -0.2) is 15.7 Å². The fourth-order valence-corrected chi connectivity index (χ4v) is 2.56. The highest BCUT2D eigenvalue weighted by Gasteiger charge is 2.11. The smallest absolute Gasteiger partial charge is 0.276 e. The summed E-state index contributed by atoms with van der Waals surface area (Å²) in [6.45, 7) is 6.34. The van der Waals surface area contributed by atoms with Gasteiger partial charge in [0.1, 0.15) is 5.69 Å². The van der Waals surface area contributed by atoms with E-state index in [1.807, 2.05) is 63.2 Å². The third-order valence-corrected chi connectivity index (χ3v) is 4.32. The second-order valence-corrected chi connectivity index (χ2v) is 6.45. The molecular formula is C21H21N3O2. The average Bonchev–Trinajstić information content (AvgIpc) is 2.62. The summed E-state index contributed by atoms with van der Waals surface area (Å²) in [6.07, 6.45) is 0. The molecule has 3 rings (SSSR count). The van der Waals surface area contributed by atoms with E-state index in [1.165, 1.54) is 16.8 Å².